The highest BCUT2D eigenvalue weighted by Gasteiger charge is 2.23. The summed E-state index contributed by atoms with van der Waals surface area (Å²) >= 11 is 0. The van der Waals surface area contributed by atoms with E-state index in [0.29, 0.717) is 12.1 Å². The van der Waals surface area contributed by atoms with E-state index in [1.807, 2.05) is 0 Å². The third kappa shape index (κ3) is 2.19. The van der Waals surface area contributed by atoms with Crippen LogP contribution in [0.5, 0.6) is 5.75 Å². The molecule has 0 aliphatic rings. The van der Waals surface area contributed by atoms with Crippen LogP contribution in [0.1, 0.15) is 0 Å². The Kier molecular flexibility index (Phi) is 2.60. The summed E-state index contributed by atoms with van der Waals surface area (Å²) in [6.45, 7) is 0. The van der Waals surface area contributed by atoms with Gasteiger partial charge in [0, 0.05) is 12.1 Å². The number of phenols is 1. The summed E-state index contributed by atoms with van der Waals surface area (Å²) in [5.41, 5.74) is -0.930. The number of aromatic hydroxyl groups is 1. The molecule has 0 radical (unpaired) electrons. The Balaban J connectivity index is 3.58. The van der Waals surface area contributed by atoms with Crippen molar-refractivity contribution in [2.75, 3.05) is 0 Å². The smallest absolute Gasteiger partial charge is 0.312 e. The number of nitro benzene ring substituents is 1. The highest BCUT2D eigenvalue weighted by atomic mass is 32.2. The van der Waals surface area contributed by atoms with E-state index < -0.39 is 37.1 Å². The predicted molar refractivity (Wildman–Crippen MR) is 46.1 cm³/mol. The lowest BCUT2D eigenvalue weighted by Crippen LogP contribution is -2.14. The van der Waals surface area contributed by atoms with E-state index in [4.69, 9.17) is 5.11 Å². The van der Waals surface area contributed by atoms with Crippen LogP contribution in [-0.4, -0.2) is 18.4 Å². The first-order chi connectivity index (χ1) is 6.73. The molecule has 0 aliphatic carbocycles. The molecule has 0 aliphatic heterocycles. The zero-order chi connectivity index (χ0) is 11.8. The molecular weight excluding hydrogens is 231 g/mol. The molecule has 0 amide bonds. The van der Waals surface area contributed by atoms with Crippen molar-refractivity contribution in [2.45, 2.75) is 4.90 Å². The lowest BCUT2D eigenvalue weighted by atomic mass is 10.3. The molecule has 9 heteroatoms. The molecule has 0 aromatic heterocycles. The predicted octanol–water partition coefficient (Wildman–Crippen LogP) is 0.0869. The molecule has 1 aromatic rings. The number of sulfonamides is 1. The fourth-order valence-electron chi connectivity index (χ4n) is 0.896. The SMILES string of the molecule is NS(=O)(=O)c1cc([N+](=O)[O-])c(O)cc1F. The van der Waals surface area contributed by atoms with E-state index in [1.165, 1.54) is 0 Å². The summed E-state index contributed by atoms with van der Waals surface area (Å²) in [6, 6.07) is 0.678. The lowest BCUT2D eigenvalue weighted by molar-refractivity contribution is -0.386. The normalized spacial score (nSPS) is 11.3. The molecule has 0 saturated heterocycles. The summed E-state index contributed by atoms with van der Waals surface area (Å²) in [5, 5.41) is 23.8. The molecule has 15 heavy (non-hydrogen) atoms. The molecule has 0 fully saturated rings. The zero-order valence-electron chi connectivity index (χ0n) is 7.05. The van der Waals surface area contributed by atoms with Gasteiger partial charge in [-0.05, 0) is 0 Å². The number of halogens is 1. The second-order valence-electron chi connectivity index (χ2n) is 2.57. The highest BCUT2D eigenvalue weighted by Crippen LogP contribution is 2.30. The quantitative estimate of drug-likeness (QED) is 0.556. The molecule has 0 saturated carbocycles. The van der Waals surface area contributed by atoms with Gasteiger partial charge in [-0.25, -0.2) is 17.9 Å². The molecule has 0 spiro atoms. The van der Waals surface area contributed by atoms with E-state index in [0.717, 1.165) is 0 Å². The summed E-state index contributed by atoms with van der Waals surface area (Å²) in [6.07, 6.45) is 0. The fourth-order valence-corrected chi connectivity index (χ4v) is 1.50. The monoisotopic (exact) mass is 236 g/mol. The van der Waals surface area contributed by atoms with Gasteiger partial charge in [-0.15, -0.1) is 0 Å². The molecule has 0 unspecified atom stereocenters. The Bertz CT molecular complexity index is 527. The van der Waals surface area contributed by atoms with Crippen LogP contribution in [0.2, 0.25) is 0 Å². The number of rotatable bonds is 2. The van der Waals surface area contributed by atoms with Crippen LogP contribution in [0.25, 0.3) is 0 Å². The van der Waals surface area contributed by atoms with Crippen LogP contribution in [0, 0.1) is 15.9 Å². The number of phenolic OH excluding ortho intramolecular Hbond substituents is 1. The van der Waals surface area contributed by atoms with E-state index in [2.05, 4.69) is 5.14 Å². The average molecular weight is 236 g/mol. The molecular formula is C6H5FN2O5S. The van der Waals surface area contributed by atoms with Gasteiger partial charge in [0.25, 0.3) is 0 Å². The fraction of sp³-hybridized carbons (Fsp3) is 0. The first kappa shape index (κ1) is 11.3. The first-order valence-corrected chi connectivity index (χ1v) is 4.98. The molecule has 82 valence electrons. The van der Waals surface area contributed by atoms with Crippen molar-refractivity contribution in [1.82, 2.24) is 0 Å². The van der Waals surface area contributed by atoms with Crippen LogP contribution < -0.4 is 5.14 Å². The Morgan fingerprint density at radius 1 is 1.47 bits per heavy atom. The van der Waals surface area contributed by atoms with Crippen molar-refractivity contribution in [1.29, 1.82) is 0 Å². The number of hydrogen-bond acceptors (Lipinski definition) is 5. The van der Waals surface area contributed by atoms with Crippen LogP contribution in [0.3, 0.4) is 0 Å². The van der Waals surface area contributed by atoms with Gasteiger partial charge in [0.1, 0.15) is 10.7 Å². The molecule has 7 nitrogen and oxygen atoms in total. The van der Waals surface area contributed by atoms with Crippen molar-refractivity contribution in [3.8, 4) is 5.75 Å². The molecule has 0 heterocycles. The van der Waals surface area contributed by atoms with Gasteiger partial charge in [-0.3, -0.25) is 10.1 Å². The van der Waals surface area contributed by atoms with Crippen molar-refractivity contribution < 1.29 is 22.8 Å². The van der Waals surface area contributed by atoms with Crippen molar-refractivity contribution >= 4 is 15.7 Å². The number of benzene rings is 1. The maximum Gasteiger partial charge on any atom is 0.312 e. The Morgan fingerprint density at radius 3 is 2.40 bits per heavy atom. The van der Waals surface area contributed by atoms with Crippen LogP contribution >= 0.6 is 0 Å². The minimum Gasteiger partial charge on any atom is -0.502 e. The van der Waals surface area contributed by atoms with E-state index in [1.54, 1.807) is 0 Å². The van der Waals surface area contributed by atoms with Crippen molar-refractivity contribution in [3.63, 3.8) is 0 Å². The van der Waals surface area contributed by atoms with E-state index >= 15 is 0 Å². The van der Waals surface area contributed by atoms with Gasteiger partial charge < -0.3 is 5.11 Å². The topological polar surface area (TPSA) is 124 Å². The van der Waals surface area contributed by atoms with Gasteiger partial charge in [0.2, 0.25) is 10.0 Å². The van der Waals surface area contributed by atoms with Gasteiger partial charge in [-0.2, -0.15) is 0 Å². The second-order valence-corrected chi connectivity index (χ2v) is 4.10. The summed E-state index contributed by atoms with van der Waals surface area (Å²) in [4.78, 5) is 8.21. The third-order valence-electron chi connectivity index (χ3n) is 1.53. The second kappa shape index (κ2) is 3.44. The van der Waals surface area contributed by atoms with Gasteiger partial charge in [0.05, 0.1) is 4.92 Å². The highest BCUT2D eigenvalue weighted by molar-refractivity contribution is 7.89. The largest absolute Gasteiger partial charge is 0.502 e. The maximum absolute atomic E-state index is 12.9. The minimum atomic E-state index is -4.40. The summed E-state index contributed by atoms with van der Waals surface area (Å²) in [5.74, 6) is -2.31. The van der Waals surface area contributed by atoms with E-state index in [9.17, 15) is 22.9 Å². The van der Waals surface area contributed by atoms with Crippen LogP contribution in [0.4, 0.5) is 10.1 Å². The first-order valence-electron chi connectivity index (χ1n) is 3.43. The van der Waals surface area contributed by atoms with Gasteiger partial charge >= 0.3 is 5.69 Å². The minimum absolute atomic E-state index is 0.317. The average Bonchev–Trinajstić information content (AvgIpc) is 2.00. The van der Waals surface area contributed by atoms with Gasteiger partial charge in [0.15, 0.2) is 5.75 Å². The number of nitro groups is 1. The van der Waals surface area contributed by atoms with Crippen LogP contribution in [0.15, 0.2) is 17.0 Å². The number of nitrogens with two attached hydrogens (primary N) is 1. The van der Waals surface area contributed by atoms with E-state index in [-0.39, 0.29) is 0 Å². The van der Waals surface area contributed by atoms with Gasteiger partial charge in [-0.1, -0.05) is 0 Å². The molecule has 0 bridgehead atoms. The van der Waals surface area contributed by atoms with Crippen molar-refractivity contribution in [3.05, 3.63) is 28.1 Å². The molecule has 0 atom stereocenters. The number of nitrogens with zero attached hydrogens (tertiary/aromatic N) is 1. The molecule has 3 N–H and O–H groups in total. The van der Waals surface area contributed by atoms with Crippen LogP contribution in [-0.2, 0) is 10.0 Å². The van der Waals surface area contributed by atoms with Crippen molar-refractivity contribution in [2.24, 2.45) is 5.14 Å². The summed E-state index contributed by atoms with van der Waals surface area (Å²) in [7, 11) is -4.40. The maximum atomic E-state index is 12.9. The Morgan fingerprint density at radius 2 is 2.00 bits per heavy atom. The zero-order valence-corrected chi connectivity index (χ0v) is 7.86. The third-order valence-corrected chi connectivity index (χ3v) is 2.46. The summed E-state index contributed by atoms with van der Waals surface area (Å²) < 4.78 is 34.5. The lowest BCUT2D eigenvalue weighted by Gasteiger charge is -2.01. The number of primary sulfonamides is 1. The molecule has 1 rings (SSSR count). The standard InChI is InChI=1S/C6H5FN2O5S/c7-3-1-5(10)4(9(11)12)2-6(3)15(8,13)14/h1-2,10H,(H2,8,13,14). The Hall–Kier alpha value is -1.74. The Labute approximate surface area is 83.1 Å². The molecule has 1 aromatic carbocycles. The number of hydrogen-bond donors (Lipinski definition) is 2.